The normalized spacial score (nSPS) is 10.0. The van der Waals surface area contributed by atoms with Gasteiger partial charge in [-0.15, -0.1) is 11.8 Å². The van der Waals surface area contributed by atoms with Gasteiger partial charge in [-0.05, 0) is 24.1 Å². The molecule has 90 valence electrons. The van der Waals surface area contributed by atoms with E-state index < -0.39 is 5.91 Å². The highest BCUT2D eigenvalue weighted by Gasteiger charge is 2.00. The van der Waals surface area contributed by atoms with Gasteiger partial charge in [0.2, 0.25) is 0 Å². The first kappa shape index (κ1) is 13.6. The summed E-state index contributed by atoms with van der Waals surface area (Å²) >= 11 is 1.83. The summed E-state index contributed by atoms with van der Waals surface area (Å²) in [5.41, 5.74) is 1.16. The summed E-state index contributed by atoms with van der Waals surface area (Å²) in [6.07, 6.45) is 0.750. The number of carbonyl (C=O) groups is 1. The third-order valence-corrected chi connectivity index (χ3v) is 3.11. The standard InChI is InChI=1S/C13H16N2OS/c1-10(2)17-12-5-3-11(4-6-12)7-8-15-13(16)9-14/h3-6,10H,7-8H2,1-2H3,(H,15,16). The van der Waals surface area contributed by atoms with Gasteiger partial charge in [0.15, 0.2) is 6.07 Å². The maximum absolute atomic E-state index is 10.7. The second-order valence-corrected chi connectivity index (χ2v) is 5.58. The molecule has 1 N–H and O–H groups in total. The molecule has 1 aromatic carbocycles. The molecule has 0 heterocycles. The molecule has 0 atom stereocenters. The predicted octanol–water partition coefficient (Wildman–Crippen LogP) is 2.37. The maximum Gasteiger partial charge on any atom is 0.322 e. The molecular weight excluding hydrogens is 232 g/mol. The van der Waals surface area contributed by atoms with Crippen LogP contribution in [0.25, 0.3) is 0 Å². The highest BCUT2D eigenvalue weighted by Crippen LogP contribution is 2.22. The maximum atomic E-state index is 10.7. The Morgan fingerprint density at radius 1 is 1.41 bits per heavy atom. The van der Waals surface area contributed by atoms with E-state index in [0.29, 0.717) is 11.8 Å². The van der Waals surface area contributed by atoms with E-state index in [4.69, 9.17) is 5.26 Å². The van der Waals surface area contributed by atoms with E-state index in [1.54, 1.807) is 0 Å². The van der Waals surface area contributed by atoms with Gasteiger partial charge >= 0.3 is 5.91 Å². The third-order valence-electron chi connectivity index (χ3n) is 2.10. The molecule has 1 aromatic rings. The fourth-order valence-electron chi connectivity index (χ4n) is 1.37. The van der Waals surface area contributed by atoms with Crippen LogP contribution in [0.4, 0.5) is 0 Å². The van der Waals surface area contributed by atoms with Gasteiger partial charge in [0.05, 0.1) is 0 Å². The van der Waals surface area contributed by atoms with Crippen LogP contribution in [-0.2, 0) is 11.2 Å². The SMILES string of the molecule is CC(C)Sc1ccc(CCNC(=O)C#N)cc1. The molecule has 0 aliphatic heterocycles. The third kappa shape index (κ3) is 5.41. The summed E-state index contributed by atoms with van der Waals surface area (Å²) in [4.78, 5) is 12.0. The highest BCUT2D eigenvalue weighted by molar-refractivity contribution is 7.99. The van der Waals surface area contributed by atoms with Crippen molar-refractivity contribution in [2.24, 2.45) is 0 Å². The smallest absolute Gasteiger partial charge is 0.322 e. The van der Waals surface area contributed by atoms with Gasteiger partial charge in [-0.25, -0.2) is 0 Å². The first-order valence-electron chi connectivity index (χ1n) is 5.55. The minimum absolute atomic E-state index is 0.503. The van der Waals surface area contributed by atoms with Crippen molar-refractivity contribution in [2.45, 2.75) is 30.4 Å². The lowest BCUT2D eigenvalue weighted by Crippen LogP contribution is -2.23. The van der Waals surface area contributed by atoms with Crippen molar-refractivity contribution in [1.29, 1.82) is 5.26 Å². The van der Waals surface area contributed by atoms with Crippen molar-refractivity contribution < 1.29 is 4.79 Å². The summed E-state index contributed by atoms with van der Waals surface area (Å²) in [5, 5.41) is 11.4. The molecule has 0 aromatic heterocycles. The van der Waals surface area contributed by atoms with Crippen molar-refractivity contribution in [3.8, 4) is 6.07 Å². The quantitative estimate of drug-likeness (QED) is 0.643. The Balaban J connectivity index is 2.41. The molecule has 4 heteroatoms. The fourth-order valence-corrected chi connectivity index (χ4v) is 2.20. The van der Waals surface area contributed by atoms with Crippen LogP contribution >= 0.6 is 11.8 Å². The van der Waals surface area contributed by atoms with Gasteiger partial charge in [0.25, 0.3) is 0 Å². The molecule has 1 rings (SSSR count). The summed E-state index contributed by atoms with van der Waals surface area (Å²) in [5.74, 6) is -0.572. The molecule has 0 radical (unpaired) electrons. The summed E-state index contributed by atoms with van der Waals surface area (Å²) < 4.78 is 0. The minimum Gasteiger partial charge on any atom is -0.343 e. The Labute approximate surface area is 106 Å². The molecule has 0 saturated heterocycles. The first-order chi connectivity index (χ1) is 8.11. The molecule has 17 heavy (non-hydrogen) atoms. The Kier molecular flexibility index (Phi) is 5.58. The molecule has 0 aliphatic carbocycles. The number of thioether (sulfide) groups is 1. The van der Waals surface area contributed by atoms with E-state index in [2.05, 4.69) is 43.4 Å². The Morgan fingerprint density at radius 2 is 2.06 bits per heavy atom. The van der Waals surface area contributed by atoms with Crippen LogP contribution in [0.3, 0.4) is 0 Å². The van der Waals surface area contributed by atoms with Crippen molar-refractivity contribution in [1.82, 2.24) is 5.32 Å². The lowest BCUT2D eigenvalue weighted by Gasteiger charge is -2.06. The molecule has 3 nitrogen and oxygen atoms in total. The lowest BCUT2D eigenvalue weighted by molar-refractivity contribution is -0.115. The Morgan fingerprint density at radius 3 is 2.59 bits per heavy atom. The van der Waals surface area contributed by atoms with E-state index in [1.807, 2.05) is 11.8 Å². The minimum atomic E-state index is -0.572. The Hall–Kier alpha value is -1.47. The molecule has 0 unspecified atom stereocenters. The second kappa shape index (κ2) is 6.97. The number of hydrogen-bond donors (Lipinski definition) is 1. The topological polar surface area (TPSA) is 52.9 Å². The van der Waals surface area contributed by atoms with Gasteiger partial charge in [0, 0.05) is 16.7 Å². The van der Waals surface area contributed by atoms with Gasteiger partial charge < -0.3 is 5.32 Å². The van der Waals surface area contributed by atoms with E-state index in [9.17, 15) is 4.79 Å². The summed E-state index contributed by atoms with van der Waals surface area (Å²) in [7, 11) is 0. The molecular formula is C13H16N2OS. The van der Waals surface area contributed by atoms with Crippen LogP contribution in [0, 0.1) is 11.3 Å². The molecule has 1 amide bonds. The van der Waals surface area contributed by atoms with Crippen molar-refractivity contribution in [2.75, 3.05) is 6.54 Å². The van der Waals surface area contributed by atoms with Crippen LogP contribution < -0.4 is 5.32 Å². The van der Waals surface area contributed by atoms with Crippen LogP contribution in [-0.4, -0.2) is 17.7 Å². The number of nitriles is 1. The average Bonchev–Trinajstić information content (AvgIpc) is 2.30. The number of nitrogens with zero attached hydrogens (tertiary/aromatic N) is 1. The van der Waals surface area contributed by atoms with Gasteiger partial charge in [-0.1, -0.05) is 26.0 Å². The van der Waals surface area contributed by atoms with Crippen molar-refractivity contribution >= 4 is 17.7 Å². The van der Waals surface area contributed by atoms with Gasteiger partial charge in [0.1, 0.15) is 0 Å². The molecule has 0 fully saturated rings. The van der Waals surface area contributed by atoms with E-state index in [0.717, 1.165) is 12.0 Å². The van der Waals surface area contributed by atoms with E-state index in [-0.39, 0.29) is 0 Å². The van der Waals surface area contributed by atoms with Crippen molar-refractivity contribution in [3.63, 3.8) is 0 Å². The molecule has 0 bridgehead atoms. The fraction of sp³-hybridized carbons (Fsp3) is 0.385. The zero-order chi connectivity index (χ0) is 12.7. The predicted molar refractivity (Wildman–Crippen MR) is 69.8 cm³/mol. The largest absolute Gasteiger partial charge is 0.343 e. The van der Waals surface area contributed by atoms with Crippen LogP contribution in [0.1, 0.15) is 19.4 Å². The number of nitrogens with one attached hydrogen (secondary N) is 1. The number of hydrogen-bond acceptors (Lipinski definition) is 3. The van der Waals surface area contributed by atoms with Crippen LogP contribution in [0.2, 0.25) is 0 Å². The second-order valence-electron chi connectivity index (χ2n) is 3.93. The van der Waals surface area contributed by atoms with Gasteiger partial charge in [-0.2, -0.15) is 5.26 Å². The first-order valence-corrected chi connectivity index (χ1v) is 6.43. The van der Waals surface area contributed by atoms with Crippen LogP contribution in [0.15, 0.2) is 29.2 Å². The molecule has 0 spiro atoms. The monoisotopic (exact) mass is 248 g/mol. The molecule has 0 aliphatic rings. The average molecular weight is 248 g/mol. The van der Waals surface area contributed by atoms with E-state index >= 15 is 0 Å². The summed E-state index contributed by atoms with van der Waals surface area (Å²) in [6, 6.07) is 9.82. The lowest BCUT2D eigenvalue weighted by atomic mass is 10.1. The Bertz CT molecular complexity index is 406. The van der Waals surface area contributed by atoms with Gasteiger partial charge in [-0.3, -0.25) is 4.79 Å². The summed E-state index contributed by atoms with van der Waals surface area (Å²) in [6.45, 7) is 4.83. The molecule has 0 saturated carbocycles. The van der Waals surface area contributed by atoms with Crippen molar-refractivity contribution in [3.05, 3.63) is 29.8 Å². The zero-order valence-corrected chi connectivity index (χ0v) is 10.9. The van der Waals surface area contributed by atoms with Crippen LogP contribution in [0.5, 0.6) is 0 Å². The zero-order valence-electron chi connectivity index (χ0n) is 10.1. The number of carbonyl (C=O) groups excluding carboxylic acids is 1. The van der Waals surface area contributed by atoms with E-state index in [1.165, 1.54) is 11.0 Å². The number of rotatable bonds is 5. The number of benzene rings is 1. The number of amides is 1. The highest BCUT2D eigenvalue weighted by atomic mass is 32.2.